The third-order valence-electron chi connectivity index (χ3n) is 5.23. The van der Waals surface area contributed by atoms with E-state index in [9.17, 15) is 4.79 Å². The average Bonchev–Trinajstić information content (AvgIpc) is 3.26. The molecule has 6 heteroatoms. The maximum Gasteiger partial charge on any atom is 0.295 e. The van der Waals surface area contributed by atoms with Crippen LogP contribution in [0.3, 0.4) is 0 Å². The highest BCUT2D eigenvalue weighted by molar-refractivity contribution is 6.30. The normalized spacial score (nSPS) is 10.9. The van der Waals surface area contributed by atoms with Gasteiger partial charge in [0.05, 0.1) is 5.69 Å². The van der Waals surface area contributed by atoms with Crippen LogP contribution in [0.15, 0.2) is 91.0 Å². The second-order valence-electron chi connectivity index (χ2n) is 7.49. The Hall–Kier alpha value is -3.96. The number of anilines is 1. The molecule has 4 aromatic carbocycles. The van der Waals surface area contributed by atoms with E-state index in [1.54, 1.807) is 16.8 Å². The van der Waals surface area contributed by atoms with Crippen LogP contribution >= 0.6 is 11.6 Å². The van der Waals surface area contributed by atoms with Crippen LogP contribution in [0.4, 0.5) is 5.69 Å². The topological polar surface area (TPSA) is 59.8 Å². The van der Waals surface area contributed by atoms with E-state index in [4.69, 9.17) is 11.6 Å². The van der Waals surface area contributed by atoms with Crippen LogP contribution in [0.1, 0.15) is 16.2 Å². The van der Waals surface area contributed by atoms with Gasteiger partial charge in [-0.25, -0.2) is 9.67 Å². The second-order valence-corrected chi connectivity index (χ2v) is 7.93. The van der Waals surface area contributed by atoms with E-state index < -0.39 is 0 Å². The van der Waals surface area contributed by atoms with E-state index in [0.29, 0.717) is 16.5 Å². The van der Waals surface area contributed by atoms with Crippen LogP contribution in [0.2, 0.25) is 5.02 Å². The van der Waals surface area contributed by atoms with Crippen molar-refractivity contribution in [3.63, 3.8) is 0 Å². The van der Waals surface area contributed by atoms with Gasteiger partial charge >= 0.3 is 0 Å². The summed E-state index contributed by atoms with van der Waals surface area (Å²) in [6.07, 6.45) is 0. The van der Waals surface area contributed by atoms with Gasteiger partial charge in [0, 0.05) is 21.7 Å². The Bertz CT molecular complexity index is 1350. The standard InChI is InChI=1S/C26H19ClN4O/c1-17-9-11-19(12-10-17)25-29-24(30-31(25)21-15-13-20(27)14-16-21)26(32)28-23-8-4-6-18-5-2-3-7-22(18)23/h2-16H,1H3,(H,28,32). The molecule has 0 radical (unpaired) electrons. The first-order valence-electron chi connectivity index (χ1n) is 10.2. The van der Waals surface area contributed by atoms with Crippen molar-refractivity contribution < 1.29 is 4.79 Å². The zero-order chi connectivity index (χ0) is 22.1. The average molecular weight is 439 g/mol. The van der Waals surface area contributed by atoms with Crippen molar-refractivity contribution in [2.75, 3.05) is 5.32 Å². The summed E-state index contributed by atoms with van der Waals surface area (Å²) in [6.45, 7) is 2.02. The molecule has 5 nitrogen and oxygen atoms in total. The lowest BCUT2D eigenvalue weighted by Gasteiger charge is -2.07. The Labute approximate surface area is 190 Å². The number of carbonyl (C=O) groups is 1. The van der Waals surface area contributed by atoms with Crippen molar-refractivity contribution in [1.29, 1.82) is 0 Å². The minimum absolute atomic E-state index is 0.0865. The number of halogens is 1. The number of carbonyl (C=O) groups excluding carboxylic acids is 1. The summed E-state index contributed by atoms with van der Waals surface area (Å²) in [5.74, 6) is 0.293. The van der Waals surface area contributed by atoms with E-state index in [1.165, 1.54) is 0 Å². The van der Waals surface area contributed by atoms with Gasteiger partial charge in [-0.3, -0.25) is 4.79 Å². The van der Waals surface area contributed by atoms with Crippen molar-refractivity contribution in [3.05, 3.63) is 107 Å². The summed E-state index contributed by atoms with van der Waals surface area (Å²) in [5, 5.41) is 10.1. The first-order valence-corrected chi connectivity index (χ1v) is 10.6. The van der Waals surface area contributed by atoms with Gasteiger partial charge in [0.15, 0.2) is 5.82 Å². The molecule has 0 fully saturated rings. The molecule has 1 amide bonds. The molecular formula is C26H19ClN4O. The highest BCUT2D eigenvalue weighted by Gasteiger charge is 2.19. The predicted octanol–water partition coefficient (Wildman–Crippen LogP) is 6.30. The summed E-state index contributed by atoms with van der Waals surface area (Å²) in [4.78, 5) is 17.7. The lowest BCUT2D eigenvalue weighted by Crippen LogP contribution is -2.14. The maximum absolute atomic E-state index is 13.1. The van der Waals surface area contributed by atoms with Crippen LogP contribution in [0, 0.1) is 6.92 Å². The Kier molecular flexibility index (Phi) is 5.17. The zero-order valence-electron chi connectivity index (χ0n) is 17.3. The highest BCUT2D eigenvalue weighted by Crippen LogP contribution is 2.25. The number of fused-ring (bicyclic) bond motifs is 1. The molecule has 32 heavy (non-hydrogen) atoms. The molecule has 0 bridgehead atoms. The molecule has 1 N–H and O–H groups in total. The predicted molar refractivity (Wildman–Crippen MR) is 128 cm³/mol. The highest BCUT2D eigenvalue weighted by atomic mass is 35.5. The van der Waals surface area contributed by atoms with Gasteiger partial charge in [-0.15, -0.1) is 5.10 Å². The van der Waals surface area contributed by atoms with Crippen molar-refractivity contribution in [2.24, 2.45) is 0 Å². The molecule has 0 saturated carbocycles. The number of hydrogen-bond donors (Lipinski definition) is 1. The number of nitrogens with zero attached hydrogens (tertiary/aromatic N) is 3. The number of aromatic nitrogens is 3. The lowest BCUT2D eigenvalue weighted by atomic mass is 10.1. The van der Waals surface area contributed by atoms with E-state index in [2.05, 4.69) is 15.4 Å². The minimum Gasteiger partial charge on any atom is -0.319 e. The zero-order valence-corrected chi connectivity index (χ0v) is 18.0. The summed E-state index contributed by atoms with van der Waals surface area (Å²) < 4.78 is 1.67. The summed E-state index contributed by atoms with van der Waals surface area (Å²) in [6, 6.07) is 28.9. The van der Waals surface area contributed by atoms with Crippen molar-refractivity contribution >= 4 is 34.0 Å². The Morgan fingerprint density at radius 1 is 0.875 bits per heavy atom. The molecule has 1 heterocycles. The van der Waals surface area contributed by atoms with Gasteiger partial charge in [0.1, 0.15) is 0 Å². The van der Waals surface area contributed by atoms with Gasteiger partial charge in [0.2, 0.25) is 5.82 Å². The van der Waals surface area contributed by atoms with Crippen LogP contribution in [-0.2, 0) is 0 Å². The largest absolute Gasteiger partial charge is 0.319 e. The summed E-state index contributed by atoms with van der Waals surface area (Å²) in [7, 11) is 0. The number of hydrogen-bond acceptors (Lipinski definition) is 3. The molecule has 0 spiro atoms. The molecule has 0 aliphatic rings. The van der Waals surface area contributed by atoms with Gasteiger partial charge in [-0.2, -0.15) is 0 Å². The third kappa shape index (κ3) is 3.86. The van der Waals surface area contributed by atoms with Crippen molar-refractivity contribution in [1.82, 2.24) is 14.8 Å². The fraction of sp³-hybridized carbons (Fsp3) is 0.0385. The monoisotopic (exact) mass is 438 g/mol. The number of nitrogens with one attached hydrogen (secondary N) is 1. The Morgan fingerprint density at radius 3 is 2.38 bits per heavy atom. The summed E-state index contributed by atoms with van der Waals surface area (Å²) in [5.41, 5.74) is 3.48. The molecule has 1 aromatic heterocycles. The molecule has 156 valence electrons. The fourth-order valence-electron chi connectivity index (χ4n) is 3.57. The smallest absolute Gasteiger partial charge is 0.295 e. The van der Waals surface area contributed by atoms with Gasteiger partial charge < -0.3 is 5.32 Å². The van der Waals surface area contributed by atoms with Crippen LogP contribution in [0.25, 0.3) is 27.8 Å². The maximum atomic E-state index is 13.1. The first-order chi connectivity index (χ1) is 15.6. The number of aryl methyl sites for hydroxylation is 1. The number of rotatable bonds is 4. The van der Waals surface area contributed by atoms with Crippen molar-refractivity contribution in [3.8, 4) is 17.1 Å². The third-order valence-corrected chi connectivity index (χ3v) is 5.48. The SMILES string of the molecule is Cc1ccc(-c2nc(C(=O)Nc3cccc4ccccc34)nn2-c2ccc(Cl)cc2)cc1. The van der Waals surface area contributed by atoms with E-state index in [1.807, 2.05) is 85.8 Å². The molecular weight excluding hydrogens is 420 g/mol. The van der Waals surface area contributed by atoms with E-state index in [0.717, 1.165) is 27.6 Å². The van der Waals surface area contributed by atoms with Crippen LogP contribution < -0.4 is 5.32 Å². The number of benzene rings is 4. The first kappa shape index (κ1) is 20.0. The molecule has 0 saturated heterocycles. The Morgan fingerprint density at radius 2 is 1.59 bits per heavy atom. The fourth-order valence-corrected chi connectivity index (χ4v) is 3.70. The van der Waals surface area contributed by atoms with Crippen LogP contribution in [0.5, 0.6) is 0 Å². The molecule has 0 atom stereocenters. The molecule has 0 aliphatic heterocycles. The lowest BCUT2D eigenvalue weighted by molar-refractivity contribution is 0.101. The minimum atomic E-state index is -0.373. The quantitative estimate of drug-likeness (QED) is 0.358. The molecule has 5 rings (SSSR count). The van der Waals surface area contributed by atoms with Gasteiger partial charge in [-0.1, -0.05) is 77.8 Å². The number of amides is 1. The van der Waals surface area contributed by atoms with Crippen LogP contribution in [-0.4, -0.2) is 20.7 Å². The van der Waals surface area contributed by atoms with Gasteiger partial charge in [0.25, 0.3) is 5.91 Å². The molecule has 0 unspecified atom stereocenters. The van der Waals surface area contributed by atoms with E-state index >= 15 is 0 Å². The molecule has 0 aliphatic carbocycles. The van der Waals surface area contributed by atoms with Gasteiger partial charge in [-0.05, 0) is 42.6 Å². The second kappa shape index (κ2) is 8.29. The molecule has 5 aromatic rings. The van der Waals surface area contributed by atoms with Crippen molar-refractivity contribution in [2.45, 2.75) is 6.92 Å². The Balaban J connectivity index is 1.56. The summed E-state index contributed by atoms with van der Waals surface area (Å²) >= 11 is 6.06. The van der Waals surface area contributed by atoms with E-state index in [-0.39, 0.29) is 11.7 Å².